The molecule has 0 unspecified atom stereocenters. The first-order valence-corrected chi connectivity index (χ1v) is 4.31. The molecular weight excluding hydrogens is 203 g/mol. The maximum atomic E-state index is 5.35. The molecule has 7 heavy (non-hydrogen) atoms. The molecule has 0 spiro atoms. The zero-order chi connectivity index (χ0) is 5.11. The molecule has 0 fully saturated rings. The van der Waals surface area contributed by atoms with Gasteiger partial charge in [0.05, 0.1) is 16.1 Å². The SMILES string of the molecule is NC1=CN=CI=C1. The number of hydrogen-bond donors (Lipinski definition) is 1. The molecule has 1 aliphatic rings. The molecule has 0 saturated carbocycles. The lowest BCUT2D eigenvalue weighted by Crippen LogP contribution is -1.96. The minimum Gasteiger partial charge on any atom is -0.397 e. The summed E-state index contributed by atoms with van der Waals surface area (Å²) in [6.07, 6.45) is 1.67. The third-order valence-electron chi connectivity index (χ3n) is 0.525. The van der Waals surface area contributed by atoms with E-state index in [0.717, 1.165) is 5.70 Å². The van der Waals surface area contributed by atoms with Gasteiger partial charge in [0, 0.05) is 0 Å². The van der Waals surface area contributed by atoms with Crippen molar-refractivity contribution < 1.29 is 0 Å². The van der Waals surface area contributed by atoms with Crippen molar-refractivity contribution >= 4 is 29.0 Å². The quantitative estimate of drug-likeness (QED) is 0.581. The Bertz CT molecular complexity index is 146. The summed E-state index contributed by atoms with van der Waals surface area (Å²) < 4.78 is 3.96. The number of nitrogens with zero attached hydrogens (tertiary/aromatic N) is 1. The van der Waals surface area contributed by atoms with E-state index in [1.807, 2.05) is 8.23 Å². The number of allylic oxidation sites excluding steroid dienone is 1. The van der Waals surface area contributed by atoms with Gasteiger partial charge in [-0.15, -0.1) is 0 Å². The van der Waals surface area contributed by atoms with Crippen LogP contribution in [-0.4, -0.2) is 8.23 Å². The Balaban J connectivity index is 2.82. The predicted octanol–water partition coefficient (Wildman–Crippen LogP) is 0.601. The fraction of sp³-hybridized carbons (Fsp3) is 0. The first-order chi connectivity index (χ1) is 3.39. The van der Waals surface area contributed by atoms with Crippen molar-refractivity contribution in [3.8, 4) is 0 Å². The Hall–Kier alpha value is -0.190. The second-order valence-electron chi connectivity index (χ2n) is 1.11. The highest BCUT2D eigenvalue weighted by Crippen LogP contribution is 1.97. The molecular formula is C4H5IN2. The predicted molar refractivity (Wildman–Crippen MR) is 40.8 cm³/mol. The highest BCUT2D eigenvalue weighted by Gasteiger charge is 1.81. The zero-order valence-corrected chi connectivity index (χ0v) is 5.79. The standard InChI is InChI=1S/C4H5IN2/c6-4-1-5-3-7-2-4/h1-3H,6H2. The summed E-state index contributed by atoms with van der Waals surface area (Å²) in [6, 6.07) is 0. The van der Waals surface area contributed by atoms with Gasteiger partial charge in [-0.25, -0.2) is 0 Å². The topological polar surface area (TPSA) is 38.4 Å². The second-order valence-corrected chi connectivity index (χ2v) is 3.01. The van der Waals surface area contributed by atoms with Gasteiger partial charge < -0.3 is 5.73 Å². The van der Waals surface area contributed by atoms with Crippen LogP contribution in [0.3, 0.4) is 0 Å². The minimum absolute atomic E-state index is 0.0645. The van der Waals surface area contributed by atoms with Crippen molar-refractivity contribution in [1.29, 1.82) is 0 Å². The average molecular weight is 208 g/mol. The van der Waals surface area contributed by atoms with Gasteiger partial charge >= 0.3 is 0 Å². The summed E-state index contributed by atoms with van der Waals surface area (Å²) >= 11 is 0.0645. The summed E-state index contributed by atoms with van der Waals surface area (Å²) in [4.78, 5) is 3.86. The van der Waals surface area contributed by atoms with Crippen LogP contribution in [-0.2, 0) is 0 Å². The van der Waals surface area contributed by atoms with Crippen LogP contribution in [0.1, 0.15) is 0 Å². The Morgan fingerprint density at radius 1 is 1.71 bits per heavy atom. The van der Waals surface area contributed by atoms with Crippen molar-refractivity contribution in [3.63, 3.8) is 0 Å². The lowest BCUT2D eigenvalue weighted by molar-refractivity contribution is 1.44. The van der Waals surface area contributed by atoms with E-state index in [1.54, 1.807) is 6.20 Å². The van der Waals surface area contributed by atoms with E-state index in [1.165, 1.54) is 0 Å². The van der Waals surface area contributed by atoms with E-state index in [-0.39, 0.29) is 20.7 Å². The van der Waals surface area contributed by atoms with Crippen LogP contribution in [0.5, 0.6) is 0 Å². The zero-order valence-electron chi connectivity index (χ0n) is 3.63. The molecule has 38 valence electrons. The smallest absolute Gasteiger partial charge is 0.0598 e. The minimum atomic E-state index is 0.0645. The highest BCUT2D eigenvalue weighted by molar-refractivity contribution is 14.2. The van der Waals surface area contributed by atoms with Gasteiger partial charge in [0.2, 0.25) is 0 Å². The van der Waals surface area contributed by atoms with E-state index < -0.39 is 0 Å². The summed E-state index contributed by atoms with van der Waals surface area (Å²) in [5.41, 5.74) is 6.17. The van der Waals surface area contributed by atoms with Gasteiger partial charge in [0.1, 0.15) is 0 Å². The van der Waals surface area contributed by atoms with Crippen molar-refractivity contribution in [1.82, 2.24) is 0 Å². The molecule has 0 radical (unpaired) electrons. The molecule has 2 nitrogen and oxygen atoms in total. The van der Waals surface area contributed by atoms with Gasteiger partial charge in [-0.1, -0.05) is 20.7 Å². The van der Waals surface area contributed by atoms with Crippen LogP contribution in [0.4, 0.5) is 0 Å². The summed E-state index contributed by atoms with van der Waals surface area (Å²) in [5, 5.41) is 0. The number of rotatable bonds is 0. The average Bonchev–Trinajstić information content (AvgIpc) is 1.69. The Labute approximate surface area is 51.9 Å². The van der Waals surface area contributed by atoms with Gasteiger partial charge in [-0.05, 0) is 4.01 Å². The largest absolute Gasteiger partial charge is 0.397 e. The molecule has 0 saturated heterocycles. The van der Waals surface area contributed by atoms with Crippen molar-refractivity contribution in [2.75, 3.05) is 0 Å². The van der Waals surface area contributed by atoms with E-state index in [0.29, 0.717) is 0 Å². The Kier molecular flexibility index (Phi) is 1.56. The van der Waals surface area contributed by atoms with E-state index >= 15 is 0 Å². The first kappa shape index (κ1) is 4.96. The number of nitrogens with two attached hydrogens (primary N) is 1. The molecule has 0 aromatic heterocycles. The molecule has 2 N–H and O–H groups in total. The van der Waals surface area contributed by atoms with Gasteiger partial charge in [0.15, 0.2) is 0 Å². The van der Waals surface area contributed by atoms with Crippen LogP contribution < -0.4 is 5.73 Å². The molecule has 1 aliphatic heterocycles. The fourth-order valence-corrected chi connectivity index (χ4v) is 1.36. The summed E-state index contributed by atoms with van der Waals surface area (Å²) in [5.74, 6) is 0. The summed E-state index contributed by atoms with van der Waals surface area (Å²) in [6.45, 7) is 0. The first-order valence-electron chi connectivity index (χ1n) is 1.82. The molecule has 1 rings (SSSR count). The highest BCUT2D eigenvalue weighted by atomic mass is 127. The van der Waals surface area contributed by atoms with Crippen LogP contribution in [0, 0.1) is 0 Å². The lowest BCUT2D eigenvalue weighted by atomic mass is 10.6. The van der Waals surface area contributed by atoms with Crippen LogP contribution in [0.15, 0.2) is 16.9 Å². The Morgan fingerprint density at radius 2 is 2.57 bits per heavy atom. The molecule has 0 atom stereocenters. The van der Waals surface area contributed by atoms with Gasteiger partial charge in [-0.2, -0.15) is 0 Å². The van der Waals surface area contributed by atoms with E-state index in [2.05, 4.69) is 4.99 Å². The normalized spacial score (nSPS) is 18.0. The number of halogens is 1. The lowest BCUT2D eigenvalue weighted by Gasteiger charge is -1.88. The number of aliphatic imine (C=N–C) groups is 1. The van der Waals surface area contributed by atoms with Gasteiger partial charge in [-0.3, -0.25) is 4.99 Å². The van der Waals surface area contributed by atoms with Crippen LogP contribution >= 0.6 is 20.7 Å². The fourth-order valence-electron chi connectivity index (χ4n) is 0.276. The molecule has 0 amide bonds. The Morgan fingerprint density at radius 3 is 2.86 bits per heavy atom. The molecule has 0 aromatic carbocycles. The van der Waals surface area contributed by atoms with E-state index in [4.69, 9.17) is 5.73 Å². The second kappa shape index (κ2) is 2.20. The maximum absolute atomic E-state index is 5.35. The molecule has 1 heterocycles. The monoisotopic (exact) mass is 208 g/mol. The maximum Gasteiger partial charge on any atom is 0.0598 e. The summed E-state index contributed by atoms with van der Waals surface area (Å²) in [7, 11) is 0. The molecule has 0 bridgehead atoms. The van der Waals surface area contributed by atoms with E-state index in [9.17, 15) is 0 Å². The van der Waals surface area contributed by atoms with Gasteiger partial charge in [0.25, 0.3) is 0 Å². The van der Waals surface area contributed by atoms with Crippen molar-refractivity contribution in [2.45, 2.75) is 0 Å². The van der Waals surface area contributed by atoms with Crippen LogP contribution in [0.2, 0.25) is 0 Å². The molecule has 3 heteroatoms. The van der Waals surface area contributed by atoms with Crippen molar-refractivity contribution in [3.05, 3.63) is 11.9 Å². The third-order valence-corrected chi connectivity index (χ3v) is 2.25. The van der Waals surface area contributed by atoms with Crippen LogP contribution in [0.25, 0.3) is 0 Å². The third kappa shape index (κ3) is 1.38. The molecule has 0 aromatic rings. The molecule has 0 aliphatic carbocycles. The number of hydrogen-bond acceptors (Lipinski definition) is 2. The van der Waals surface area contributed by atoms with Crippen molar-refractivity contribution in [2.24, 2.45) is 10.7 Å².